The number of hydrogen-bond acceptors (Lipinski definition) is 1. The smallest absolute Gasteiger partial charge is 0.124 e. The summed E-state index contributed by atoms with van der Waals surface area (Å²) in [5.74, 6) is 3.14. The Morgan fingerprint density at radius 3 is 2.50 bits per heavy atom. The standard InChI is InChI=1S/C19H30Br2O/c1-17-8-3-4-14(17)13-5-6-16-18(2,15(13)7-9-17)10-12(20)11-19(16,21)22/h12-16,22H,3-11H2,1-2H3/t12?,13-,14-,15-,16+,17-,18+,19?/m0/s1. The molecule has 0 aliphatic heterocycles. The van der Waals surface area contributed by atoms with Gasteiger partial charge in [-0.2, -0.15) is 0 Å². The van der Waals surface area contributed by atoms with Crippen LogP contribution in [0.15, 0.2) is 0 Å². The van der Waals surface area contributed by atoms with Crippen molar-refractivity contribution < 1.29 is 5.11 Å². The topological polar surface area (TPSA) is 20.2 Å². The summed E-state index contributed by atoms with van der Waals surface area (Å²) in [4.78, 5) is 0.453. The predicted molar refractivity (Wildman–Crippen MR) is 98.3 cm³/mol. The number of fused-ring (bicyclic) bond motifs is 5. The Labute approximate surface area is 152 Å². The van der Waals surface area contributed by atoms with Crippen molar-refractivity contribution in [2.24, 2.45) is 34.5 Å². The second-order valence-electron chi connectivity index (χ2n) is 9.42. The van der Waals surface area contributed by atoms with Gasteiger partial charge in [-0.25, -0.2) is 0 Å². The third-order valence-electron chi connectivity index (χ3n) is 8.35. The molecule has 126 valence electrons. The first kappa shape index (κ1) is 16.4. The second-order valence-corrected chi connectivity index (χ2v) is 12.1. The van der Waals surface area contributed by atoms with Crippen LogP contribution in [0.4, 0.5) is 0 Å². The maximum absolute atomic E-state index is 11.0. The zero-order valence-corrected chi connectivity index (χ0v) is 17.1. The Hall–Kier alpha value is 0.920. The first-order valence-electron chi connectivity index (χ1n) is 9.32. The molecule has 0 saturated heterocycles. The lowest BCUT2D eigenvalue weighted by atomic mass is 9.45. The van der Waals surface area contributed by atoms with Gasteiger partial charge in [-0.3, -0.25) is 0 Å². The molecular formula is C19H30Br2O. The van der Waals surface area contributed by atoms with E-state index in [2.05, 4.69) is 45.7 Å². The van der Waals surface area contributed by atoms with E-state index in [-0.39, 0.29) is 0 Å². The van der Waals surface area contributed by atoms with Crippen molar-refractivity contribution in [3.63, 3.8) is 0 Å². The van der Waals surface area contributed by atoms with Gasteiger partial charge in [0.05, 0.1) is 0 Å². The first-order valence-corrected chi connectivity index (χ1v) is 11.0. The molecule has 4 aliphatic carbocycles. The summed E-state index contributed by atoms with van der Waals surface area (Å²) >= 11 is 7.57. The average molecular weight is 434 g/mol. The van der Waals surface area contributed by atoms with Crippen LogP contribution in [0.5, 0.6) is 0 Å². The van der Waals surface area contributed by atoms with Crippen LogP contribution in [0.3, 0.4) is 0 Å². The molecule has 1 nitrogen and oxygen atoms in total. The van der Waals surface area contributed by atoms with E-state index in [0.717, 1.165) is 24.2 Å². The molecule has 0 aromatic heterocycles. The normalized spacial score (nSPS) is 61.2. The summed E-state index contributed by atoms with van der Waals surface area (Å²) < 4.78 is -0.657. The molecule has 8 atom stereocenters. The van der Waals surface area contributed by atoms with Gasteiger partial charge in [0.15, 0.2) is 0 Å². The molecule has 4 saturated carbocycles. The van der Waals surface area contributed by atoms with Gasteiger partial charge in [-0.05, 0) is 80.0 Å². The van der Waals surface area contributed by atoms with Crippen LogP contribution in [0.2, 0.25) is 0 Å². The maximum Gasteiger partial charge on any atom is 0.124 e. The summed E-state index contributed by atoms with van der Waals surface area (Å²) in [6.07, 6.45) is 11.9. The van der Waals surface area contributed by atoms with Crippen LogP contribution in [0, 0.1) is 34.5 Å². The number of halogens is 2. The van der Waals surface area contributed by atoms with E-state index in [1.165, 1.54) is 51.4 Å². The molecule has 22 heavy (non-hydrogen) atoms. The molecule has 3 heteroatoms. The molecule has 0 aromatic carbocycles. The minimum atomic E-state index is -0.657. The van der Waals surface area contributed by atoms with Crippen molar-refractivity contribution in [1.29, 1.82) is 0 Å². The van der Waals surface area contributed by atoms with Gasteiger partial charge in [0, 0.05) is 10.7 Å². The fraction of sp³-hybridized carbons (Fsp3) is 1.00. The maximum atomic E-state index is 11.0. The molecule has 1 N–H and O–H groups in total. The van der Waals surface area contributed by atoms with Gasteiger partial charge in [0.2, 0.25) is 0 Å². The molecule has 0 radical (unpaired) electrons. The molecule has 4 fully saturated rings. The number of aliphatic hydroxyl groups is 1. The van der Waals surface area contributed by atoms with Crippen LogP contribution in [0.25, 0.3) is 0 Å². The molecular weight excluding hydrogens is 404 g/mol. The average Bonchev–Trinajstić information content (AvgIpc) is 2.78. The van der Waals surface area contributed by atoms with Crippen LogP contribution < -0.4 is 0 Å². The molecule has 0 bridgehead atoms. The zero-order valence-electron chi connectivity index (χ0n) is 14.0. The third-order valence-corrected chi connectivity index (χ3v) is 9.88. The Balaban J connectivity index is 1.68. The number of alkyl halides is 2. The Bertz CT molecular complexity index is 464. The lowest BCUT2D eigenvalue weighted by molar-refractivity contribution is -0.145. The summed E-state index contributed by atoms with van der Waals surface area (Å²) in [5.41, 5.74) is 0.940. The highest BCUT2D eigenvalue weighted by atomic mass is 79.9. The van der Waals surface area contributed by atoms with E-state index in [9.17, 15) is 5.11 Å². The Morgan fingerprint density at radius 2 is 1.73 bits per heavy atom. The summed E-state index contributed by atoms with van der Waals surface area (Å²) in [6.45, 7) is 5.08. The molecule has 0 heterocycles. The monoisotopic (exact) mass is 432 g/mol. The van der Waals surface area contributed by atoms with Gasteiger partial charge >= 0.3 is 0 Å². The first-order chi connectivity index (χ1) is 10.3. The van der Waals surface area contributed by atoms with Crippen LogP contribution in [0.1, 0.15) is 71.6 Å². The minimum absolute atomic E-state index is 0.303. The van der Waals surface area contributed by atoms with Crippen molar-refractivity contribution in [3.8, 4) is 0 Å². The second kappa shape index (κ2) is 5.21. The molecule has 4 aliphatic rings. The van der Waals surface area contributed by atoms with E-state index in [4.69, 9.17) is 0 Å². The largest absolute Gasteiger partial charge is 0.379 e. The zero-order chi connectivity index (χ0) is 15.8. The fourth-order valence-corrected chi connectivity index (χ4v) is 10.2. The molecule has 0 amide bonds. The third kappa shape index (κ3) is 2.24. The van der Waals surface area contributed by atoms with Gasteiger partial charge < -0.3 is 5.11 Å². The summed E-state index contributed by atoms with van der Waals surface area (Å²) in [5, 5.41) is 11.0. The highest BCUT2D eigenvalue weighted by molar-refractivity contribution is 9.10. The van der Waals surface area contributed by atoms with Crippen LogP contribution in [-0.2, 0) is 0 Å². The van der Waals surface area contributed by atoms with E-state index in [1.54, 1.807) is 0 Å². The SMILES string of the molecule is C[C@@]12CCC[C@H]1[C@@H]1CC[C@H]3C(O)(Br)CC(Br)C[C@]3(C)[C@H]1CC2. The molecule has 2 unspecified atom stereocenters. The lowest BCUT2D eigenvalue weighted by Gasteiger charge is -2.63. The van der Waals surface area contributed by atoms with Crippen LogP contribution in [-0.4, -0.2) is 14.4 Å². The van der Waals surface area contributed by atoms with E-state index in [1.807, 2.05) is 0 Å². The van der Waals surface area contributed by atoms with Crippen molar-refractivity contribution >= 4 is 31.9 Å². The van der Waals surface area contributed by atoms with Gasteiger partial charge in [0.25, 0.3) is 0 Å². The molecule has 0 spiro atoms. The van der Waals surface area contributed by atoms with Crippen LogP contribution >= 0.6 is 31.9 Å². The highest BCUT2D eigenvalue weighted by Crippen LogP contribution is 2.68. The molecule has 0 aromatic rings. The Morgan fingerprint density at radius 1 is 0.955 bits per heavy atom. The van der Waals surface area contributed by atoms with Gasteiger partial charge in [-0.1, -0.05) is 52.1 Å². The minimum Gasteiger partial charge on any atom is -0.379 e. The lowest BCUT2D eigenvalue weighted by Crippen LogP contribution is -2.59. The quantitative estimate of drug-likeness (QED) is 0.473. The van der Waals surface area contributed by atoms with E-state index in [0.29, 0.717) is 21.6 Å². The fourth-order valence-electron chi connectivity index (χ4n) is 7.47. The van der Waals surface area contributed by atoms with E-state index < -0.39 is 4.51 Å². The van der Waals surface area contributed by atoms with Crippen molar-refractivity contribution in [2.45, 2.75) is 81.0 Å². The number of hydrogen-bond donors (Lipinski definition) is 1. The summed E-state index contributed by atoms with van der Waals surface area (Å²) in [6, 6.07) is 0. The highest BCUT2D eigenvalue weighted by Gasteiger charge is 2.62. The number of rotatable bonds is 0. The summed E-state index contributed by atoms with van der Waals surface area (Å²) in [7, 11) is 0. The predicted octanol–water partition coefficient (Wildman–Crippen LogP) is 5.88. The van der Waals surface area contributed by atoms with E-state index >= 15 is 0 Å². The molecule has 4 rings (SSSR count). The Kier molecular flexibility index (Phi) is 3.88. The van der Waals surface area contributed by atoms with Crippen molar-refractivity contribution in [2.75, 3.05) is 0 Å². The van der Waals surface area contributed by atoms with Crippen molar-refractivity contribution in [3.05, 3.63) is 0 Å². The van der Waals surface area contributed by atoms with Gasteiger partial charge in [-0.15, -0.1) is 0 Å². The van der Waals surface area contributed by atoms with Gasteiger partial charge in [0.1, 0.15) is 4.51 Å². The van der Waals surface area contributed by atoms with Crippen molar-refractivity contribution in [1.82, 2.24) is 0 Å².